The van der Waals surface area contributed by atoms with Gasteiger partial charge < -0.3 is 0 Å². The van der Waals surface area contributed by atoms with Crippen LogP contribution in [0.1, 0.15) is 0 Å². The summed E-state index contributed by atoms with van der Waals surface area (Å²) in [5.74, 6) is 0. The Hall–Kier alpha value is -2.56. The van der Waals surface area contributed by atoms with Crippen LogP contribution in [0.2, 0.25) is 0 Å². The molecule has 1 N–H and O–H groups in total. The van der Waals surface area contributed by atoms with E-state index in [1.165, 1.54) is 0 Å². The maximum atomic E-state index is 11.6. The minimum atomic E-state index is -0.243. The highest BCUT2D eigenvalue weighted by atomic mass is 16.1. The molecule has 0 aliphatic rings. The van der Waals surface area contributed by atoms with E-state index in [4.69, 9.17) is 0 Å². The van der Waals surface area contributed by atoms with Crippen LogP contribution in [0.5, 0.6) is 0 Å². The minimum Gasteiger partial charge on any atom is -0.267 e. The van der Waals surface area contributed by atoms with Crippen LogP contribution in [-0.2, 0) is 0 Å². The molecule has 0 aromatic carbocycles. The van der Waals surface area contributed by atoms with Crippen LogP contribution >= 0.6 is 0 Å². The maximum Gasteiger partial charge on any atom is 0.273 e. The van der Waals surface area contributed by atoms with Crippen LogP contribution in [0, 0.1) is 0 Å². The van der Waals surface area contributed by atoms with Gasteiger partial charge in [0.15, 0.2) is 0 Å². The lowest BCUT2D eigenvalue weighted by Crippen LogP contribution is -2.10. The monoisotopic (exact) mass is 224 g/mol. The SMILES string of the molecule is O=c1[nH]nc(-c2ccccn2)c2ncccc12. The van der Waals surface area contributed by atoms with Crippen molar-refractivity contribution in [2.75, 3.05) is 0 Å². The van der Waals surface area contributed by atoms with Crippen molar-refractivity contribution in [2.24, 2.45) is 0 Å². The van der Waals surface area contributed by atoms with Gasteiger partial charge >= 0.3 is 0 Å². The first-order chi connectivity index (χ1) is 8.36. The second kappa shape index (κ2) is 3.79. The van der Waals surface area contributed by atoms with Gasteiger partial charge in [-0.2, -0.15) is 5.10 Å². The quantitative estimate of drug-likeness (QED) is 0.677. The minimum absolute atomic E-state index is 0.243. The molecule has 3 heterocycles. The van der Waals surface area contributed by atoms with Crippen molar-refractivity contribution in [2.45, 2.75) is 0 Å². The molecule has 5 heteroatoms. The fourth-order valence-corrected chi connectivity index (χ4v) is 1.68. The van der Waals surface area contributed by atoms with Crippen molar-refractivity contribution in [1.29, 1.82) is 0 Å². The second-order valence-corrected chi connectivity index (χ2v) is 3.52. The number of fused-ring (bicyclic) bond motifs is 1. The molecule has 0 fully saturated rings. The molecule has 0 bridgehead atoms. The summed E-state index contributed by atoms with van der Waals surface area (Å²) in [6.45, 7) is 0. The number of hydrogen-bond donors (Lipinski definition) is 1. The highest BCUT2D eigenvalue weighted by molar-refractivity contribution is 5.88. The lowest BCUT2D eigenvalue weighted by molar-refractivity contribution is 1.00. The van der Waals surface area contributed by atoms with Crippen molar-refractivity contribution in [3.63, 3.8) is 0 Å². The van der Waals surface area contributed by atoms with Crippen LogP contribution in [0.15, 0.2) is 47.5 Å². The van der Waals surface area contributed by atoms with E-state index < -0.39 is 0 Å². The Morgan fingerprint density at radius 3 is 2.71 bits per heavy atom. The van der Waals surface area contributed by atoms with E-state index in [1.807, 2.05) is 18.2 Å². The van der Waals surface area contributed by atoms with Crippen molar-refractivity contribution in [3.8, 4) is 11.4 Å². The van der Waals surface area contributed by atoms with E-state index in [9.17, 15) is 4.79 Å². The van der Waals surface area contributed by atoms with Gasteiger partial charge in [0.05, 0.1) is 11.1 Å². The smallest absolute Gasteiger partial charge is 0.267 e. The predicted molar refractivity (Wildman–Crippen MR) is 63.4 cm³/mol. The molecule has 82 valence electrons. The molecular formula is C12H8N4O. The van der Waals surface area contributed by atoms with E-state index in [0.717, 1.165) is 0 Å². The summed E-state index contributed by atoms with van der Waals surface area (Å²) in [6, 6.07) is 8.96. The van der Waals surface area contributed by atoms with Crippen LogP contribution in [0.3, 0.4) is 0 Å². The maximum absolute atomic E-state index is 11.6. The molecule has 3 aromatic rings. The Kier molecular flexibility index (Phi) is 2.15. The molecule has 0 radical (unpaired) electrons. The average Bonchev–Trinajstić information content (AvgIpc) is 2.41. The Morgan fingerprint density at radius 2 is 1.88 bits per heavy atom. The zero-order valence-electron chi connectivity index (χ0n) is 8.79. The molecule has 0 unspecified atom stereocenters. The van der Waals surface area contributed by atoms with Crippen LogP contribution in [-0.4, -0.2) is 20.2 Å². The molecule has 0 saturated carbocycles. The first kappa shape index (κ1) is 9.65. The second-order valence-electron chi connectivity index (χ2n) is 3.52. The number of aromatic nitrogens is 4. The standard InChI is InChI=1S/C12H8N4O/c17-12-8-4-3-7-14-10(8)11(15-16-12)9-5-1-2-6-13-9/h1-7H,(H,16,17). The highest BCUT2D eigenvalue weighted by Gasteiger charge is 2.09. The topological polar surface area (TPSA) is 71.5 Å². The summed E-state index contributed by atoms with van der Waals surface area (Å²) >= 11 is 0. The van der Waals surface area contributed by atoms with Crippen molar-refractivity contribution >= 4 is 10.9 Å². The van der Waals surface area contributed by atoms with Gasteiger partial charge in [0.2, 0.25) is 0 Å². The molecule has 0 aliphatic heterocycles. The van der Waals surface area contributed by atoms with Gasteiger partial charge in [0.1, 0.15) is 11.2 Å². The number of nitrogens with one attached hydrogen (secondary N) is 1. The molecule has 17 heavy (non-hydrogen) atoms. The first-order valence-electron chi connectivity index (χ1n) is 5.11. The van der Waals surface area contributed by atoms with Gasteiger partial charge in [-0.05, 0) is 24.3 Å². The fraction of sp³-hybridized carbons (Fsp3) is 0. The van der Waals surface area contributed by atoms with Gasteiger partial charge in [0, 0.05) is 12.4 Å². The summed E-state index contributed by atoms with van der Waals surface area (Å²) in [5, 5.41) is 6.99. The number of hydrogen-bond acceptors (Lipinski definition) is 4. The molecule has 0 atom stereocenters. The third kappa shape index (κ3) is 1.57. The number of rotatable bonds is 1. The van der Waals surface area contributed by atoms with Crippen molar-refractivity contribution in [1.82, 2.24) is 20.2 Å². The van der Waals surface area contributed by atoms with Gasteiger partial charge in [0.25, 0.3) is 5.56 Å². The number of nitrogens with zero attached hydrogens (tertiary/aromatic N) is 3. The zero-order chi connectivity index (χ0) is 11.7. The molecule has 3 rings (SSSR count). The summed E-state index contributed by atoms with van der Waals surface area (Å²) in [7, 11) is 0. The molecule has 5 nitrogen and oxygen atoms in total. The van der Waals surface area contributed by atoms with Gasteiger partial charge in [-0.15, -0.1) is 0 Å². The molecule has 3 aromatic heterocycles. The van der Waals surface area contributed by atoms with E-state index >= 15 is 0 Å². The van der Waals surface area contributed by atoms with Gasteiger partial charge in [-0.1, -0.05) is 6.07 Å². The van der Waals surface area contributed by atoms with Crippen molar-refractivity contribution < 1.29 is 0 Å². The van der Waals surface area contributed by atoms with E-state index in [1.54, 1.807) is 24.5 Å². The van der Waals surface area contributed by atoms with Gasteiger partial charge in [-0.3, -0.25) is 14.8 Å². The normalized spacial score (nSPS) is 10.6. The Labute approximate surface area is 96.2 Å². The summed E-state index contributed by atoms with van der Waals surface area (Å²) in [4.78, 5) is 20.0. The van der Waals surface area contributed by atoms with E-state index in [2.05, 4.69) is 20.2 Å². The lowest BCUT2D eigenvalue weighted by Gasteiger charge is -2.02. The van der Waals surface area contributed by atoms with E-state index in [-0.39, 0.29) is 5.56 Å². The number of H-pyrrole nitrogens is 1. The number of pyridine rings is 2. The Bertz CT molecular complexity index is 721. The molecular weight excluding hydrogens is 216 g/mol. The fourth-order valence-electron chi connectivity index (χ4n) is 1.68. The predicted octanol–water partition coefficient (Wildman–Crippen LogP) is 1.38. The zero-order valence-corrected chi connectivity index (χ0v) is 8.79. The molecule has 0 saturated heterocycles. The van der Waals surface area contributed by atoms with Crippen LogP contribution in [0.4, 0.5) is 0 Å². The molecule has 0 aliphatic carbocycles. The third-order valence-corrected chi connectivity index (χ3v) is 2.45. The highest BCUT2D eigenvalue weighted by Crippen LogP contribution is 2.19. The molecule has 0 spiro atoms. The summed E-state index contributed by atoms with van der Waals surface area (Å²) in [6.07, 6.45) is 3.31. The first-order valence-corrected chi connectivity index (χ1v) is 5.11. The number of aromatic amines is 1. The molecule has 0 amide bonds. The van der Waals surface area contributed by atoms with Crippen LogP contribution < -0.4 is 5.56 Å². The Morgan fingerprint density at radius 1 is 1.00 bits per heavy atom. The lowest BCUT2D eigenvalue weighted by atomic mass is 10.2. The van der Waals surface area contributed by atoms with Gasteiger partial charge in [-0.25, -0.2) is 5.10 Å². The average molecular weight is 224 g/mol. The largest absolute Gasteiger partial charge is 0.273 e. The summed E-state index contributed by atoms with van der Waals surface area (Å²) in [5.41, 5.74) is 1.59. The Balaban J connectivity index is 2.39. The van der Waals surface area contributed by atoms with E-state index in [0.29, 0.717) is 22.3 Å². The third-order valence-electron chi connectivity index (χ3n) is 2.45. The van der Waals surface area contributed by atoms with Crippen LogP contribution in [0.25, 0.3) is 22.3 Å². The van der Waals surface area contributed by atoms with Crippen molar-refractivity contribution in [3.05, 3.63) is 53.1 Å². The summed E-state index contributed by atoms with van der Waals surface area (Å²) < 4.78 is 0.